The van der Waals surface area contributed by atoms with Crippen molar-refractivity contribution in [3.05, 3.63) is 190 Å². The van der Waals surface area contributed by atoms with Gasteiger partial charge in [0.1, 0.15) is 11.6 Å². The number of halogens is 2. The first-order valence-electron chi connectivity index (χ1n) is 19.5. The van der Waals surface area contributed by atoms with E-state index in [1.807, 2.05) is 24.3 Å². The molecule has 0 amide bonds. The molecular formula is C52H46F2N2. The highest BCUT2D eigenvalue weighted by Crippen LogP contribution is 2.62. The van der Waals surface area contributed by atoms with E-state index in [4.69, 9.17) is 0 Å². The molecule has 0 unspecified atom stereocenters. The predicted octanol–water partition coefficient (Wildman–Crippen LogP) is 14.8. The van der Waals surface area contributed by atoms with Gasteiger partial charge in [-0.15, -0.1) is 0 Å². The number of nitrogens with zero attached hydrogens (tertiary/aromatic N) is 2. The summed E-state index contributed by atoms with van der Waals surface area (Å²) >= 11 is 0. The Labute approximate surface area is 329 Å². The molecule has 0 atom stereocenters. The largest absolute Gasteiger partial charge is 0.310 e. The molecule has 9 rings (SSSR count). The molecule has 4 heteroatoms. The molecule has 2 aliphatic rings. The summed E-state index contributed by atoms with van der Waals surface area (Å²) in [5.74, 6) is -0.506. The number of anilines is 6. The van der Waals surface area contributed by atoms with Crippen LogP contribution in [0.4, 0.5) is 42.9 Å². The summed E-state index contributed by atoms with van der Waals surface area (Å²) in [4.78, 5) is 4.45. The van der Waals surface area contributed by atoms with E-state index in [0.29, 0.717) is 0 Å². The molecule has 0 N–H and O–H groups in total. The lowest BCUT2D eigenvalue weighted by molar-refractivity contribution is 0.600. The van der Waals surface area contributed by atoms with E-state index in [9.17, 15) is 8.78 Å². The Morgan fingerprint density at radius 1 is 0.375 bits per heavy atom. The maximum Gasteiger partial charge on any atom is 0.123 e. The van der Waals surface area contributed by atoms with Crippen LogP contribution in [0.5, 0.6) is 0 Å². The minimum Gasteiger partial charge on any atom is -0.310 e. The lowest BCUT2D eigenvalue weighted by atomic mass is 9.71. The van der Waals surface area contributed by atoms with Gasteiger partial charge < -0.3 is 9.80 Å². The van der Waals surface area contributed by atoms with Crippen molar-refractivity contribution in [3.63, 3.8) is 0 Å². The average molecular weight is 737 g/mol. The molecule has 0 saturated heterocycles. The van der Waals surface area contributed by atoms with Crippen LogP contribution in [0.15, 0.2) is 133 Å². The van der Waals surface area contributed by atoms with Gasteiger partial charge in [0.15, 0.2) is 0 Å². The van der Waals surface area contributed by atoms with E-state index in [0.717, 1.165) is 34.1 Å². The summed E-state index contributed by atoms with van der Waals surface area (Å²) in [5, 5.41) is 0. The summed E-state index contributed by atoms with van der Waals surface area (Å²) in [6.45, 7) is 18.3. The summed E-state index contributed by atoms with van der Waals surface area (Å²) in [6.07, 6.45) is 0. The van der Waals surface area contributed by atoms with Crippen LogP contribution in [0.2, 0.25) is 0 Å². The third kappa shape index (κ3) is 5.41. The molecule has 0 aromatic heterocycles. The van der Waals surface area contributed by atoms with Gasteiger partial charge in [-0.25, -0.2) is 8.78 Å². The van der Waals surface area contributed by atoms with Gasteiger partial charge in [-0.1, -0.05) is 75.2 Å². The highest BCUT2D eigenvalue weighted by Gasteiger charge is 2.47. The fourth-order valence-electron chi connectivity index (χ4n) is 9.47. The minimum atomic E-state index is -0.310. The molecule has 7 aromatic rings. The summed E-state index contributed by atoms with van der Waals surface area (Å²) < 4.78 is 28.4. The van der Waals surface area contributed by atoms with Crippen LogP contribution in [0.3, 0.4) is 0 Å². The van der Waals surface area contributed by atoms with E-state index in [-0.39, 0.29) is 22.5 Å². The van der Waals surface area contributed by atoms with E-state index in [1.54, 1.807) is 0 Å². The van der Waals surface area contributed by atoms with E-state index in [1.165, 1.54) is 91.0 Å². The van der Waals surface area contributed by atoms with Crippen molar-refractivity contribution >= 4 is 34.1 Å². The molecule has 0 heterocycles. The van der Waals surface area contributed by atoms with Gasteiger partial charge in [-0.2, -0.15) is 0 Å². The molecule has 2 aliphatic carbocycles. The lowest BCUT2D eigenvalue weighted by Gasteiger charge is -2.33. The number of hydrogen-bond acceptors (Lipinski definition) is 2. The normalized spacial score (nSPS) is 14.2. The second-order valence-corrected chi connectivity index (χ2v) is 16.8. The number of benzene rings is 7. The lowest BCUT2D eigenvalue weighted by Crippen LogP contribution is -2.25. The predicted molar refractivity (Wildman–Crippen MR) is 230 cm³/mol. The summed E-state index contributed by atoms with van der Waals surface area (Å²) in [7, 11) is 0. The molecule has 2 nitrogen and oxygen atoms in total. The first-order chi connectivity index (χ1) is 26.8. The van der Waals surface area contributed by atoms with Crippen molar-refractivity contribution in [1.82, 2.24) is 0 Å². The molecule has 56 heavy (non-hydrogen) atoms. The van der Waals surface area contributed by atoms with Crippen molar-refractivity contribution in [3.8, 4) is 22.3 Å². The molecule has 0 aliphatic heterocycles. The van der Waals surface area contributed by atoms with Crippen molar-refractivity contribution in [2.45, 2.75) is 66.2 Å². The fourth-order valence-corrected chi connectivity index (χ4v) is 9.47. The minimum absolute atomic E-state index is 0.253. The van der Waals surface area contributed by atoms with Crippen molar-refractivity contribution in [2.24, 2.45) is 0 Å². The van der Waals surface area contributed by atoms with Crippen molar-refractivity contribution in [1.29, 1.82) is 0 Å². The number of aryl methyl sites for hydroxylation is 2. The zero-order valence-corrected chi connectivity index (χ0v) is 33.4. The maximum atomic E-state index is 14.2. The first-order valence-corrected chi connectivity index (χ1v) is 19.5. The third-order valence-corrected chi connectivity index (χ3v) is 12.5. The molecule has 0 saturated carbocycles. The summed E-state index contributed by atoms with van der Waals surface area (Å²) in [5.41, 5.74) is 20.9. The Morgan fingerprint density at radius 2 is 0.661 bits per heavy atom. The number of rotatable bonds is 6. The zero-order valence-electron chi connectivity index (χ0n) is 33.4. The Hall–Kier alpha value is -6.00. The highest BCUT2D eigenvalue weighted by molar-refractivity contribution is 5.96. The standard InChI is InChI=1S/C52H46F2N2/c1-31-9-17-37(18-10-31)55(39-21-13-35(53)14-22-39)41-25-27-43-45(29-41)51(5,6)49-47(43)33(3)34(4)48-44-28-26-42(30-46(44)52(7,8)50(48)49)56(38-19-11-32(2)12-20-38)40-23-15-36(54)16-24-40/h9-30H,1-8H3. The van der Waals surface area contributed by atoms with Crippen molar-refractivity contribution in [2.75, 3.05) is 9.80 Å². The second-order valence-electron chi connectivity index (χ2n) is 16.8. The smallest absolute Gasteiger partial charge is 0.123 e. The van der Waals surface area contributed by atoms with Gasteiger partial charge in [0.25, 0.3) is 0 Å². The van der Waals surface area contributed by atoms with Gasteiger partial charge in [-0.3, -0.25) is 0 Å². The van der Waals surface area contributed by atoms with Crippen LogP contribution in [-0.4, -0.2) is 0 Å². The number of hydrogen-bond donors (Lipinski definition) is 0. The van der Waals surface area contributed by atoms with E-state index < -0.39 is 0 Å². The van der Waals surface area contributed by atoms with Crippen LogP contribution in [0, 0.1) is 39.3 Å². The molecule has 0 fully saturated rings. The first kappa shape index (κ1) is 35.7. The second kappa shape index (κ2) is 12.8. The molecular weight excluding hydrogens is 691 g/mol. The fraction of sp³-hybridized carbons (Fsp3) is 0.192. The highest BCUT2D eigenvalue weighted by atomic mass is 19.1. The Kier molecular flexibility index (Phi) is 8.14. The Balaban J connectivity index is 1.20. The quantitative estimate of drug-likeness (QED) is 0.168. The van der Waals surface area contributed by atoms with Crippen LogP contribution in [-0.2, 0) is 10.8 Å². The van der Waals surface area contributed by atoms with E-state index in [2.05, 4.69) is 150 Å². The molecule has 0 bridgehead atoms. The maximum absolute atomic E-state index is 14.2. The SMILES string of the molecule is Cc1ccc(N(c2ccc(F)cc2)c2ccc3c(c2)C(C)(C)c2c-3c(C)c(C)c3c2C(C)(C)c2cc(N(c4ccc(C)cc4)c4ccc(F)cc4)ccc2-3)cc1. The average Bonchev–Trinajstić information content (AvgIpc) is 3.56. The molecule has 0 spiro atoms. The van der Waals surface area contributed by atoms with Crippen LogP contribution in [0.1, 0.15) is 72.2 Å². The monoisotopic (exact) mass is 736 g/mol. The number of fused-ring (bicyclic) bond motifs is 7. The summed E-state index contributed by atoms with van der Waals surface area (Å²) in [6, 6.07) is 44.3. The van der Waals surface area contributed by atoms with Gasteiger partial charge in [0, 0.05) is 45.0 Å². The van der Waals surface area contributed by atoms with Crippen molar-refractivity contribution < 1.29 is 8.78 Å². The van der Waals surface area contributed by atoms with Crippen LogP contribution < -0.4 is 9.80 Å². The molecule has 278 valence electrons. The van der Waals surface area contributed by atoms with Crippen LogP contribution >= 0.6 is 0 Å². The van der Waals surface area contributed by atoms with Gasteiger partial charge >= 0.3 is 0 Å². The van der Waals surface area contributed by atoms with Gasteiger partial charge in [0.05, 0.1) is 0 Å². The van der Waals surface area contributed by atoms with Gasteiger partial charge in [0.2, 0.25) is 0 Å². The Morgan fingerprint density at radius 3 is 0.982 bits per heavy atom. The van der Waals surface area contributed by atoms with E-state index >= 15 is 0 Å². The molecule has 7 aromatic carbocycles. The third-order valence-electron chi connectivity index (χ3n) is 12.5. The topological polar surface area (TPSA) is 6.48 Å². The van der Waals surface area contributed by atoms with Crippen LogP contribution in [0.25, 0.3) is 22.3 Å². The zero-order chi connectivity index (χ0) is 39.3. The van der Waals surface area contributed by atoms with Gasteiger partial charge in [-0.05, 0) is 180 Å². The molecule has 0 radical (unpaired) electrons. The Bertz CT molecular complexity index is 2390.